The molecule has 0 unspecified atom stereocenters. The lowest BCUT2D eigenvalue weighted by Gasteiger charge is -2.22. The van der Waals surface area contributed by atoms with E-state index in [2.05, 4.69) is 32.7 Å². The summed E-state index contributed by atoms with van der Waals surface area (Å²) in [5, 5.41) is 14.3. The number of hydrogen-bond acceptors (Lipinski definition) is 5. The zero-order valence-electron chi connectivity index (χ0n) is 13.4. The maximum atomic E-state index is 12.2. The van der Waals surface area contributed by atoms with Gasteiger partial charge in [0.25, 0.3) is 0 Å². The van der Waals surface area contributed by atoms with E-state index in [1.807, 2.05) is 18.2 Å². The molecule has 7 nitrogen and oxygen atoms in total. The second-order valence-electron chi connectivity index (χ2n) is 5.80. The molecule has 2 aromatic rings. The van der Waals surface area contributed by atoms with Crippen LogP contribution in [-0.4, -0.2) is 39.2 Å². The molecule has 1 amide bonds. The van der Waals surface area contributed by atoms with Crippen LogP contribution in [0.15, 0.2) is 24.5 Å². The molecule has 7 heteroatoms. The van der Waals surface area contributed by atoms with Gasteiger partial charge >= 0.3 is 0 Å². The topological polar surface area (TPSA) is 75.9 Å². The van der Waals surface area contributed by atoms with E-state index in [9.17, 15) is 4.79 Å². The number of nitrogens with zero attached hydrogens (tertiary/aromatic N) is 5. The van der Waals surface area contributed by atoms with Crippen LogP contribution < -0.4 is 10.2 Å². The van der Waals surface area contributed by atoms with Gasteiger partial charge in [-0.15, -0.1) is 5.10 Å². The van der Waals surface area contributed by atoms with E-state index in [-0.39, 0.29) is 5.91 Å². The SMILES string of the molecule is CCCCC(=O)Nc1cc(-n2cnnn2)ccc1N1CCCC1. The summed E-state index contributed by atoms with van der Waals surface area (Å²) in [5.41, 5.74) is 2.74. The fourth-order valence-electron chi connectivity index (χ4n) is 2.83. The Morgan fingerprint density at radius 3 is 2.83 bits per heavy atom. The van der Waals surface area contributed by atoms with E-state index in [0.29, 0.717) is 6.42 Å². The number of amides is 1. The fourth-order valence-corrected chi connectivity index (χ4v) is 2.83. The van der Waals surface area contributed by atoms with Gasteiger partial charge in [0.1, 0.15) is 6.33 Å². The van der Waals surface area contributed by atoms with Crippen molar-refractivity contribution in [3.63, 3.8) is 0 Å². The summed E-state index contributed by atoms with van der Waals surface area (Å²) in [5.74, 6) is 0.0566. The number of benzene rings is 1. The number of carbonyl (C=O) groups is 1. The molecule has 1 aromatic heterocycles. The number of aromatic nitrogens is 4. The second kappa shape index (κ2) is 7.21. The van der Waals surface area contributed by atoms with E-state index in [4.69, 9.17) is 0 Å². The number of hydrogen-bond donors (Lipinski definition) is 1. The number of tetrazole rings is 1. The van der Waals surface area contributed by atoms with E-state index < -0.39 is 0 Å². The highest BCUT2D eigenvalue weighted by Crippen LogP contribution is 2.31. The maximum absolute atomic E-state index is 12.2. The van der Waals surface area contributed by atoms with E-state index in [1.165, 1.54) is 12.8 Å². The Morgan fingerprint density at radius 2 is 2.13 bits per heavy atom. The molecule has 3 rings (SSSR count). The van der Waals surface area contributed by atoms with Gasteiger partial charge in [0.2, 0.25) is 5.91 Å². The van der Waals surface area contributed by atoms with Crippen molar-refractivity contribution in [2.24, 2.45) is 0 Å². The summed E-state index contributed by atoms with van der Waals surface area (Å²) in [7, 11) is 0. The highest BCUT2D eigenvalue weighted by Gasteiger charge is 2.18. The molecule has 0 atom stereocenters. The van der Waals surface area contributed by atoms with Gasteiger partial charge in [-0.05, 0) is 47.9 Å². The van der Waals surface area contributed by atoms with Crippen LogP contribution in [0.2, 0.25) is 0 Å². The third-order valence-corrected chi connectivity index (χ3v) is 4.07. The van der Waals surface area contributed by atoms with Crippen molar-refractivity contribution in [2.45, 2.75) is 39.0 Å². The molecule has 0 saturated carbocycles. The molecule has 0 radical (unpaired) electrons. The minimum absolute atomic E-state index is 0.0566. The quantitative estimate of drug-likeness (QED) is 0.886. The number of nitrogens with one attached hydrogen (secondary N) is 1. The lowest BCUT2D eigenvalue weighted by Crippen LogP contribution is -2.21. The monoisotopic (exact) mass is 314 g/mol. The largest absolute Gasteiger partial charge is 0.370 e. The molecule has 1 aliphatic rings. The van der Waals surface area contributed by atoms with Crippen LogP contribution in [-0.2, 0) is 4.79 Å². The van der Waals surface area contributed by atoms with Crippen molar-refractivity contribution < 1.29 is 4.79 Å². The average Bonchev–Trinajstić information content (AvgIpc) is 3.26. The Bertz CT molecular complexity index is 649. The molecule has 23 heavy (non-hydrogen) atoms. The Balaban J connectivity index is 1.87. The van der Waals surface area contributed by atoms with Crippen molar-refractivity contribution in [2.75, 3.05) is 23.3 Å². The number of unbranched alkanes of at least 4 members (excludes halogenated alkanes) is 1. The molecule has 0 spiro atoms. The van der Waals surface area contributed by atoms with Gasteiger partial charge in [-0.25, -0.2) is 4.68 Å². The first-order chi connectivity index (χ1) is 11.3. The first-order valence-electron chi connectivity index (χ1n) is 8.20. The predicted octanol–water partition coefficient (Wildman–Crippen LogP) is 2.39. The molecule has 122 valence electrons. The minimum atomic E-state index is 0.0566. The van der Waals surface area contributed by atoms with Crippen LogP contribution in [0.1, 0.15) is 39.0 Å². The van der Waals surface area contributed by atoms with Gasteiger partial charge in [-0.2, -0.15) is 0 Å². The molecule has 1 N–H and O–H groups in total. The van der Waals surface area contributed by atoms with Crippen molar-refractivity contribution >= 4 is 17.3 Å². The van der Waals surface area contributed by atoms with Gasteiger partial charge in [-0.3, -0.25) is 4.79 Å². The van der Waals surface area contributed by atoms with E-state index in [1.54, 1.807) is 11.0 Å². The van der Waals surface area contributed by atoms with Gasteiger partial charge in [-0.1, -0.05) is 13.3 Å². The number of carbonyl (C=O) groups excluding carboxylic acids is 1. The van der Waals surface area contributed by atoms with Crippen LogP contribution in [0.4, 0.5) is 11.4 Å². The van der Waals surface area contributed by atoms with E-state index >= 15 is 0 Å². The fraction of sp³-hybridized carbons (Fsp3) is 0.500. The Kier molecular flexibility index (Phi) is 4.85. The minimum Gasteiger partial charge on any atom is -0.370 e. The molecular weight excluding hydrogens is 292 g/mol. The molecule has 0 aliphatic carbocycles. The Morgan fingerprint density at radius 1 is 1.30 bits per heavy atom. The van der Waals surface area contributed by atoms with Gasteiger partial charge in [0.15, 0.2) is 0 Å². The third kappa shape index (κ3) is 3.67. The summed E-state index contributed by atoms with van der Waals surface area (Å²) in [4.78, 5) is 14.5. The van der Waals surface area contributed by atoms with Crippen LogP contribution in [0.3, 0.4) is 0 Å². The van der Waals surface area contributed by atoms with E-state index in [0.717, 1.165) is 43.0 Å². The van der Waals surface area contributed by atoms with Gasteiger partial charge < -0.3 is 10.2 Å². The zero-order chi connectivity index (χ0) is 16.1. The van der Waals surface area contributed by atoms with Crippen molar-refractivity contribution in [1.29, 1.82) is 0 Å². The zero-order valence-corrected chi connectivity index (χ0v) is 13.4. The van der Waals surface area contributed by atoms with Crippen LogP contribution in [0, 0.1) is 0 Å². The van der Waals surface area contributed by atoms with Crippen LogP contribution in [0.25, 0.3) is 5.69 Å². The molecule has 1 saturated heterocycles. The molecule has 0 bridgehead atoms. The third-order valence-electron chi connectivity index (χ3n) is 4.07. The molecule has 2 heterocycles. The summed E-state index contributed by atoms with van der Waals surface area (Å²) < 4.78 is 1.59. The maximum Gasteiger partial charge on any atom is 0.224 e. The lowest BCUT2D eigenvalue weighted by atomic mass is 10.2. The molecule has 1 fully saturated rings. The molecular formula is C16H22N6O. The van der Waals surface area contributed by atoms with Crippen molar-refractivity contribution in [3.8, 4) is 5.69 Å². The van der Waals surface area contributed by atoms with Crippen molar-refractivity contribution in [1.82, 2.24) is 20.2 Å². The lowest BCUT2D eigenvalue weighted by molar-refractivity contribution is -0.116. The molecule has 1 aliphatic heterocycles. The Hall–Kier alpha value is -2.44. The van der Waals surface area contributed by atoms with Gasteiger partial charge in [0, 0.05) is 19.5 Å². The Labute approximate surface area is 135 Å². The first-order valence-corrected chi connectivity index (χ1v) is 8.20. The van der Waals surface area contributed by atoms with Gasteiger partial charge in [0.05, 0.1) is 17.1 Å². The smallest absolute Gasteiger partial charge is 0.224 e. The molecule has 1 aromatic carbocycles. The summed E-state index contributed by atoms with van der Waals surface area (Å²) in [6, 6.07) is 5.96. The standard InChI is InChI=1S/C16H22N6O/c1-2-3-6-16(23)18-14-11-13(22-12-17-19-20-22)7-8-15(14)21-9-4-5-10-21/h7-8,11-12H,2-6,9-10H2,1H3,(H,18,23). The highest BCUT2D eigenvalue weighted by atomic mass is 16.1. The normalized spacial score (nSPS) is 14.2. The number of anilines is 2. The van der Waals surface area contributed by atoms with Crippen LogP contribution in [0.5, 0.6) is 0 Å². The number of rotatable bonds is 6. The first kappa shape index (κ1) is 15.5. The summed E-state index contributed by atoms with van der Waals surface area (Å²) >= 11 is 0. The summed E-state index contributed by atoms with van der Waals surface area (Å²) in [6.07, 6.45) is 6.39. The second-order valence-corrected chi connectivity index (χ2v) is 5.80. The van der Waals surface area contributed by atoms with Crippen molar-refractivity contribution in [3.05, 3.63) is 24.5 Å². The average molecular weight is 314 g/mol. The predicted molar refractivity (Wildman–Crippen MR) is 88.8 cm³/mol. The highest BCUT2D eigenvalue weighted by molar-refractivity contribution is 5.95. The summed E-state index contributed by atoms with van der Waals surface area (Å²) in [6.45, 7) is 4.14. The van der Waals surface area contributed by atoms with Crippen LogP contribution >= 0.6 is 0 Å².